The van der Waals surface area contributed by atoms with Gasteiger partial charge in [0, 0.05) is 5.69 Å². The van der Waals surface area contributed by atoms with Gasteiger partial charge in [-0.15, -0.1) is 0 Å². The molecule has 7 heteroatoms. The van der Waals surface area contributed by atoms with E-state index in [1.165, 1.54) is 12.1 Å². The van der Waals surface area contributed by atoms with Crippen molar-refractivity contribution in [3.63, 3.8) is 0 Å². The van der Waals surface area contributed by atoms with E-state index in [1.54, 1.807) is 26.8 Å². The number of rotatable bonds is 3. The van der Waals surface area contributed by atoms with Gasteiger partial charge < -0.3 is 15.7 Å². The summed E-state index contributed by atoms with van der Waals surface area (Å²) in [4.78, 5) is 22.9. The second-order valence-electron chi connectivity index (χ2n) is 5.54. The minimum absolute atomic E-state index is 0.198. The van der Waals surface area contributed by atoms with E-state index >= 15 is 0 Å². The maximum atomic E-state index is 13.2. The molecule has 3 N–H and O–H groups in total. The fourth-order valence-electron chi connectivity index (χ4n) is 1.64. The Balaban J connectivity index is 2.82. The molecule has 0 aromatic heterocycles. The molecule has 0 aliphatic carbocycles. The van der Waals surface area contributed by atoms with Gasteiger partial charge in [-0.25, -0.2) is 14.0 Å². The first-order chi connectivity index (χ1) is 9.65. The van der Waals surface area contributed by atoms with E-state index in [4.69, 9.17) is 10.4 Å². The van der Waals surface area contributed by atoms with Crippen molar-refractivity contribution in [2.75, 3.05) is 5.32 Å². The van der Waals surface area contributed by atoms with Crippen LogP contribution in [-0.2, 0) is 4.79 Å². The van der Waals surface area contributed by atoms with E-state index in [2.05, 4.69) is 10.6 Å². The van der Waals surface area contributed by atoms with Crippen molar-refractivity contribution in [3.05, 3.63) is 29.6 Å². The van der Waals surface area contributed by atoms with Crippen molar-refractivity contribution < 1.29 is 19.1 Å². The highest BCUT2D eigenvalue weighted by Gasteiger charge is 2.32. The number of anilines is 1. The molecule has 1 rings (SSSR count). The number of urea groups is 1. The standard InChI is InChI=1S/C14H16FN3O3/c1-14(2,3)11(12(19)20)18-13(21)17-9-4-5-10(15)8(6-9)7-16/h4-6,11H,1-3H3,(H,19,20)(H2,17,18,21). The van der Waals surface area contributed by atoms with E-state index in [9.17, 15) is 14.0 Å². The Labute approximate surface area is 121 Å². The van der Waals surface area contributed by atoms with E-state index in [-0.39, 0.29) is 11.3 Å². The predicted molar refractivity (Wildman–Crippen MR) is 74.1 cm³/mol. The van der Waals surface area contributed by atoms with Crippen molar-refractivity contribution in [1.82, 2.24) is 5.32 Å². The van der Waals surface area contributed by atoms with Crippen LogP contribution in [0.4, 0.5) is 14.9 Å². The minimum atomic E-state index is -1.16. The molecule has 0 heterocycles. The summed E-state index contributed by atoms with van der Waals surface area (Å²) in [5.74, 6) is -1.85. The molecular weight excluding hydrogens is 277 g/mol. The number of carbonyl (C=O) groups excluding carboxylic acids is 1. The number of carboxylic acids is 1. The predicted octanol–water partition coefficient (Wildman–Crippen LogP) is 2.32. The number of nitrogens with zero attached hydrogens (tertiary/aromatic N) is 1. The van der Waals surface area contributed by atoms with Crippen LogP contribution in [0.2, 0.25) is 0 Å². The van der Waals surface area contributed by atoms with Crippen molar-refractivity contribution in [3.8, 4) is 6.07 Å². The molecule has 0 radical (unpaired) electrons. The topological polar surface area (TPSA) is 102 Å². The monoisotopic (exact) mass is 293 g/mol. The van der Waals surface area contributed by atoms with Gasteiger partial charge >= 0.3 is 12.0 Å². The highest BCUT2D eigenvalue weighted by Crippen LogP contribution is 2.20. The lowest BCUT2D eigenvalue weighted by atomic mass is 9.87. The summed E-state index contributed by atoms with van der Waals surface area (Å²) in [5.41, 5.74) is -0.689. The van der Waals surface area contributed by atoms with Gasteiger partial charge in [-0.1, -0.05) is 20.8 Å². The minimum Gasteiger partial charge on any atom is -0.480 e. The molecule has 0 aliphatic rings. The Morgan fingerprint density at radius 3 is 2.48 bits per heavy atom. The Bertz CT molecular complexity index is 602. The van der Waals surface area contributed by atoms with Crippen LogP contribution in [0.25, 0.3) is 0 Å². The number of nitriles is 1. The van der Waals surface area contributed by atoms with Gasteiger partial charge in [0.25, 0.3) is 0 Å². The first-order valence-electron chi connectivity index (χ1n) is 6.15. The third kappa shape index (κ3) is 4.45. The molecule has 0 spiro atoms. The van der Waals surface area contributed by atoms with Gasteiger partial charge in [-0.3, -0.25) is 0 Å². The molecule has 6 nitrogen and oxygen atoms in total. The average molecular weight is 293 g/mol. The van der Waals surface area contributed by atoms with Crippen LogP contribution >= 0.6 is 0 Å². The smallest absolute Gasteiger partial charge is 0.326 e. The third-order valence-electron chi connectivity index (χ3n) is 2.73. The second kappa shape index (κ2) is 6.22. The van der Waals surface area contributed by atoms with Gasteiger partial charge in [0.05, 0.1) is 5.56 Å². The van der Waals surface area contributed by atoms with Gasteiger partial charge in [0.2, 0.25) is 0 Å². The highest BCUT2D eigenvalue weighted by molar-refractivity contribution is 5.92. The molecule has 1 atom stereocenters. The Kier molecular flexibility index (Phi) is 4.87. The third-order valence-corrected chi connectivity index (χ3v) is 2.73. The first kappa shape index (κ1) is 16.4. The second-order valence-corrected chi connectivity index (χ2v) is 5.54. The lowest BCUT2D eigenvalue weighted by Gasteiger charge is -2.27. The van der Waals surface area contributed by atoms with Gasteiger partial charge in [0.15, 0.2) is 0 Å². The largest absolute Gasteiger partial charge is 0.480 e. The van der Waals surface area contributed by atoms with E-state index in [0.29, 0.717) is 0 Å². The molecular formula is C14H16FN3O3. The van der Waals surface area contributed by atoms with Gasteiger partial charge in [0.1, 0.15) is 17.9 Å². The number of carboxylic acid groups (broad SMARTS) is 1. The molecule has 112 valence electrons. The van der Waals surface area contributed by atoms with Crippen molar-refractivity contribution >= 4 is 17.7 Å². The molecule has 0 bridgehead atoms. The van der Waals surface area contributed by atoms with Crippen LogP contribution in [0.5, 0.6) is 0 Å². The van der Waals surface area contributed by atoms with Crippen LogP contribution in [0.15, 0.2) is 18.2 Å². The van der Waals surface area contributed by atoms with Gasteiger partial charge in [-0.2, -0.15) is 5.26 Å². The van der Waals surface area contributed by atoms with Crippen molar-refractivity contribution in [2.24, 2.45) is 5.41 Å². The molecule has 0 fully saturated rings. The zero-order valence-corrected chi connectivity index (χ0v) is 11.9. The van der Waals surface area contributed by atoms with E-state index in [1.807, 2.05) is 0 Å². The molecule has 1 unspecified atom stereocenters. The molecule has 2 amide bonds. The molecule has 1 aromatic rings. The summed E-state index contributed by atoms with van der Waals surface area (Å²) in [6.45, 7) is 5.03. The Morgan fingerprint density at radius 2 is 2.00 bits per heavy atom. The SMILES string of the molecule is CC(C)(C)C(NC(=O)Nc1ccc(F)c(C#N)c1)C(=O)O. The summed E-state index contributed by atoms with van der Waals surface area (Å²) < 4.78 is 13.2. The number of halogens is 1. The van der Waals surface area contributed by atoms with Crippen LogP contribution in [-0.4, -0.2) is 23.1 Å². The highest BCUT2D eigenvalue weighted by atomic mass is 19.1. The molecule has 0 aliphatic heterocycles. The number of nitrogens with one attached hydrogen (secondary N) is 2. The van der Waals surface area contributed by atoms with E-state index < -0.39 is 29.3 Å². The number of hydrogen-bond acceptors (Lipinski definition) is 3. The van der Waals surface area contributed by atoms with E-state index in [0.717, 1.165) is 6.07 Å². The number of carbonyl (C=O) groups is 2. The van der Waals surface area contributed by atoms with Crippen LogP contribution in [0.1, 0.15) is 26.3 Å². The Hall–Kier alpha value is -2.62. The zero-order valence-electron chi connectivity index (χ0n) is 11.9. The van der Waals surface area contributed by atoms with Crippen molar-refractivity contribution in [1.29, 1.82) is 5.26 Å². The number of benzene rings is 1. The fraction of sp³-hybridized carbons (Fsp3) is 0.357. The lowest BCUT2D eigenvalue weighted by Crippen LogP contribution is -2.50. The summed E-state index contributed by atoms with van der Waals surface area (Å²) in [7, 11) is 0. The summed E-state index contributed by atoms with van der Waals surface area (Å²) in [6, 6.07) is 3.32. The van der Waals surface area contributed by atoms with Crippen molar-refractivity contribution in [2.45, 2.75) is 26.8 Å². The summed E-state index contributed by atoms with van der Waals surface area (Å²) in [6.07, 6.45) is 0. The molecule has 0 saturated carbocycles. The summed E-state index contributed by atoms with van der Waals surface area (Å²) in [5, 5.41) is 22.5. The number of hydrogen-bond donors (Lipinski definition) is 3. The average Bonchev–Trinajstić information content (AvgIpc) is 2.36. The molecule has 1 aromatic carbocycles. The fourth-order valence-corrected chi connectivity index (χ4v) is 1.64. The first-order valence-corrected chi connectivity index (χ1v) is 6.15. The van der Waals surface area contributed by atoms with Crippen LogP contribution < -0.4 is 10.6 Å². The molecule has 21 heavy (non-hydrogen) atoms. The van der Waals surface area contributed by atoms with Crippen LogP contribution in [0, 0.1) is 22.6 Å². The lowest BCUT2D eigenvalue weighted by molar-refractivity contribution is -0.141. The maximum Gasteiger partial charge on any atom is 0.326 e. The zero-order chi connectivity index (χ0) is 16.2. The molecule has 0 saturated heterocycles. The van der Waals surface area contributed by atoms with Gasteiger partial charge in [-0.05, 0) is 23.6 Å². The Morgan fingerprint density at radius 1 is 1.38 bits per heavy atom. The maximum absolute atomic E-state index is 13.2. The normalized spacial score (nSPS) is 12.1. The number of amides is 2. The van der Waals surface area contributed by atoms with Crippen LogP contribution in [0.3, 0.4) is 0 Å². The number of aliphatic carboxylic acids is 1. The quantitative estimate of drug-likeness (QED) is 0.795. The summed E-state index contributed by atoms with van der Waals surface area (Å²) >= 11 is 0.